The maximum absolute atomic E-state index is 13.1. The zero-order valence-corrected chi connectivity index (χ0v) is 19.5. The molecule has 0 aromatic heterocycles. The highest BCUT2D eigenvalue weighted by atomic mass is 32.2. The first-order chi connectivity index (χ1) is 15.8. The highest BCUT2D eigenvalue weighted by Gasteiger charge is 2.49. The third-order valence-corrected chi connectivity index (χ3v) is 7.32. The summed E-state index contributed by atoms with van der Waals surface area (Å²) >= 11 is 0. The van der Waals surface area contributed by atoms with Gasteiger partial charge in [-0.1, -0.05) is 18.6 Å². The van der Waals surface area contributed by atoms with Gasteiger partial charge in [0, 0.05) is 31.5 Å². The number of hydrogen-bond donors (Lipinski definition) is 1. The molecule has 1 aliphatic heterocycles. The van der Waals surface area contributed by atoms with Crippen molar-refractivity contribution in [2.24, 2.45) is 11.3 Å². The first-order valence-electron chi connectivity index (χ1n) is 10.8. The molecular weight excluding hydrogens is 475 g/mol. The first-order valence-corrected chi connectivity index (χ1v) is 12.9. The lowest BCUT2D eigenvalue weighted by Gasteiger charge is -2.45. The Kier molecular flexibility index (Phi) is 7.45. The second-order valence-electron chi connectivity index (χ2n) is 8.96. The minimum absolute atomic E-state index is 0.0326. The van der Waals surface area contributed by atoms with Crippen molar-refractivity contribution in [3.8, 4) is 5.75 Å². The van der Waals surface area contributed by atoms with Gasteiger partial charge in [-0.25, -0.2) is 13.3 Å². The van der Waals surface area contributed by atoms with Crippen LogP contribution in [0.25, 0.3) is 4.85 Å². The Morgan fingerprint density at radius 1 is 1.29 bits per heavy atom. The van der Waals surface area contributed by atoms with E-state index in [1.54, 1.807) is 4.90 Å². The van der Waals surface area contributed by atoms with Crippen LogP contribution in [-0.2, 0) is 26.0 Å². The normalized spacial score (nSPS) is 20.1. The average molecular weight is 502 g/mol. The lowest BCUT2D eigenvalue weighted by atomic mass is 9.69. The van der Waals surface area contributed by atoms with Crippen LogP contribution in [-0.4, -0.2) is 56.6 Å². The second-order valence-corrected chi connectivity index (χ2v) is 11.1. The van der Waals surface area contributed by atoms with Crippen LogP contribution in [0, 0.1) is 17.9 Å². The minimum atomic E-state index is -4.95. The van der Waals surface area contributed by atoms with Crippen LogP contribution in [0.5, 0.6) is 5.75 Å². The van der Waals surface area contributed by atoms with E-state index in [9.17, 15) is 31.2 Å². The van der Waals surface area contributed by atoms with Crippen molar-refractivity contribution in [3.63, 3.8) is 0 Å². The van der Waals surface area contributed by atoms with Gasteiger partial charge in [0.2, 0.25) is 11.8 Å². The van der Waals surface area contributed by atoms with Crippen molar-refractivity contribution in [1.29, 1.82) is 0 Å². The summed E-state index contributed by atoms with van der Waals surface area (Å²) in [6, 6.07) is 3.58. The number of piperidine rings is 1. The number of rotatable bonds is 7. The molecule has 1 aliphatic carbocycles. The number of hydrogen-bond acceptors (Lipinski definition) is 5. The Morgan fingerprint density at radius 2 is 2.00 bits per heavy atom. The maximum atomic E-state index is 13.1. The fraction of sp³-hybridized carbons (Fsp3) is 0.591. The third-order valence-electron chi connectivity index (χ3n) is 6.24. The molecule has 1 heterocycles. The van der Waals surface area contributed by atoms with Crippen LogP contribution in [0.4, 0.5) is 18.9 Å². The van der Waals surface area contributed by atoms with Crippen LogP contribution < -0.4 is 10.1 Å². The van der Waals surface area contributed by atoms with Crippen molar-refractivity contribution >= 4 is 27.3 Å². The van der Waals surface area contributed by atoms with Crippen LogP contribution in [0.3, 0.4) is 0 Å². The molecule has 34 heavy (non-hydrogen) atoms. The summed E-state index contributed by atoms with van der Waals surface area (Å²) < 4.78 is 65.9. The van der Waals surface area contributed by atoms with E-state index < -0.39 is 39.2 Å². The molecule has 1 atom stereocenters. The number of nitrogens with one attached hydrogen (secondary N) is 1. The van der Waals surface area contributed by atoms with Crippen molar-refractivity contribution in [1.82, 2.24) is 10.2 Å². The van der Waals surface area contributed by atoms with Gasteiger partial charge in [-0.15, -0.1) is 13.2 Å². The fourth-order valence-electron chi connectivity index (χ4n) is 4.54. The van der Waals surface area contributed by atoms with E-state index in [2.05, 4.69) is 14.9 Å². The molecule has 2 amide bonds. The molecular formula is C22H26F3N3O5S. The summed E-state index contributed by atoms with van der Waals surface area (Å²) in [5.74, 6) is -2.01. The number of halogens is 3. The highest BCUT2D eigenvalue weighted by molar-refractivity contribution is 7.90. The number of alkyl halides is 3. The Labute approximate surface area is 196 Å². The van der Waals surface area contributed by atoms with E-state index in [0.717, 1.165) is 18.7 Å². The summed E-state index contributed by atoms with van der Waals surface area (Å²) in [6.07, 6.45) is -1.03. The van der Waals surface area contributed by atoms with Gasteiger partial charge in [-0.2, -0.15) is 0 Å². The van der Waals surface area contributed by atoms with Crippen LogP contribution in [0.15, 0.2) is 18.2 Å². The smallest absolute Gasteiger partial charge is 0.407 e. The van der Waals surface area contributed by atoms with Crippen LogP contribution in [0.2, 0.25) is 0 Å². The lowest BCUT2D eigenvalue weighted by molar-refractivity contribution is -0.274. The van der Waals surface area contributed by atoms with E-state index >= 15 is 0 Å². The average Bonchev–Trinajstić information content (AvgIpc) is 2.73. The predicted molar refractivity (Wildman–Crippen MR) is 117 cm³/mol. The molecule has 1 saturated carbocycles. The van der Waals surface area contributed by atoms with Crippen LogP contribution in [0.1, 0.15) is 37.7 Å². The minimum Gasteiger partial charge on any atom is -0.407 e. The number of sulfone groups is 1. The lowest BCUT2D eigenvalue weighted by Crippen LogP contribution is -2.55. The van der Waals surface area contributed by atoms with Gasteiger partial charge in [0.15, 0.2) is 5.69 Å². The quantitative estimate of drug-likeness (QED) is 0.579. The van der Waals surface area contributed by atoms with Gasteiger partial charge in [0.25, 0.3) is 0 Å². The van der Waals surface area contributed by atoms with Crippen molar-refractivity contribution in [2.75, 3.05) is 25.1 Å². The standard InChI is InChI=1S/C22H26F3N3O5S/c1-26-17-7-6-15(18(11-17)33-22(23,24)25)12-27-19(29)16-5-3-10-28(13-16)20(30)21(8-4-9-21)14-34(2,31)32/h6-7,11,16H,3-5,8-10,12-14H2,2H3,(H,27,29)/t16-/m1/s1. The maximum Gasteiger partial charge on any atom is 0.573 e. The molecule has 0 bridgehead atoms. The number of likely N-dealkylation sites (tertiary alicyclic amines) is 1. The molecule has 2 fully saturated rings. The molecule has 1 aromatic carbocycles. The van der Waals surface area contributed by atoms with Gasteiger partial charge < -0.3 is 15.0 Å². The van der Waals surface area contributed by atoms with Gasteiger partial charge in [-0.05, 0) is 31.7 Å². The Morgan fingerprint density at radius 3 is 2.56 bits per heavy atom. The van der Waals surface area contributed by atoms with Gasteiger partial charge in [0.05, 0.1) is 23.7 Å². The largest absolute Gasteiger partial charge is 0.573 e. The zero-order chi connectivity index (χ0) is 25.1. The molecule has 1 aromatic rings. The molecule has 0 spiro atoms. The number of ether oxygens (including phenoxy) is 1. The van der Waals surface area contributed by atoms with E-state index in [1.165, 1.54) is 12.1 Å². The van der Waals surface area contributed by atoms with Gasteiger partial charge >= 0.3 is 6.36 Å². The Hall–Kier alpha value is -2.81. The number of nitrogens with zero attached hydrogens (tertiary/aromatic N) is 2. The van der Waals surface area contributed by atoms with E-state index in [-0.39, 0.29) is 36.0 Å². The molecule has 8 nitrogen and oxygen atoms in total. The Balaban J connectivity index is 1.65. The topological polar surface area (TPSA) is 97.1 Å². The number of carbonyl (C=O) groups is 2. The van der Waals surface area contributed by atoms with E-state index in [4.69, 9.17) is 6.57 Å². The molecule has 12 heteroatoms. The van der Waals surface area contributed by atoms with Gasteiger partial charge in [0.1, 0.15) is 15.6 Å². The second kappa shape index (κ2) is 9.82. The Bertz CT molecular complexity index is 1090. The highest BCUT2D eigenvalue weighted by Crippen LogP contribution is 2.44. The van der Waals surface area contributed by atoms with E-state index in [0.29, 0.717) is 32.2 Å². The molecule has 2 aliphatic rings. The first kappa shape index (κ1) is 25.8. The summed E-state index contributed by atoms with van der Waals surface area (Å²) in [5, 5.41) is 2.60. The summed E-state index contributed by atoms with van der Waals surface area (Å²) in [6.45, 7) is 7.27. The monoisotopic (exact) mass is 501 g/mol. The molecule has 0 radical (unpaired) electrons. The van der Waals surface area contributed by atoms with Crippen LogP contribution >= 0.6 is 0 Å². The van der Waals surface area contributed by atoms with Crippen molar-refractivity contribution < 1.29 is 35.9 Å². The molecule has 1 N–H and O–H groups in total. The summed E-state index contributed by atoms with van der Waals surface area (Å²) in [7, 11) is -3.35. The summed E-state index contributed by atoms with van der Waals surface area (Å²) in [4.78, 5) is 30.5. The number of benzene rings is 1. The molecule has 1 saturated heterocycles. The molecule has 3 rings (SSSR count). The molecule has 186 valence electrons. The summed E-state index contributed by atoms with van der Waals surface area (Å²) in [5.41, 5.74) is -0.904. The van der Waals surface area contributed by atoms with Gasteiger partial charge in [-0.3, -0.25) is 9.59 Å². The zero-order valence-electron chi connectivity index (χ0n) is 18.7. The van der Waals surface area contributed by atoms with Crippen molar-refractivity contribution in [2.45, 2.75) is 45.0 Å². The van der Waals surface area contributed by atoms with E-state index in [1.807, 2.05) is 0 Å². The molecule has 0 unspecified atom stereocenters. The third kappa shape index (κ3) is 6.40. The number of amides is 2. The predicted octanol–water partition coefficient (Wildman–Crippen LogP) is 3.21. The number of carbonyl (C=O) groups excluding carboxylic acids is 2. The fourth-order valence-corrected chi connectivity index (χ4v) is 5.96. The van der Waals surface area contributed by atoms with Crippen molar-refractivity contribution in [3.05, 3.63) is 35.2 Å². The SMILES string of the molecule is [C-]#[N+]c1ccc(CNC(=O)[C@@H]2CCCN(C(=O)C3(CS(C)(=O)=O)CCC3)C2)c(OC(F)(F)F)c1.